The first kappa shape index (κ1) is 8.04. The van der Waals surface area contributed by atoms with Gasteiger partial charge in [-0.1, -0.05) is 30.3 Å². The van der Waals surface area contributed by atoms with Crippen molar-refractivity contribution in [3.8, 4) is 0 Å². The van der Waals surface area contributed by atoms with E-state index >= 15 is 0 Å². The van der Waals surface area contributed by atoms with Gasteiger partial charge >= 0.3 is 0 Å². The quantitative estimate of drug-likeness (QED) is 0.754. The van der Waals surface area contributed by atoms with E-state index in [4.69, 9.17) is 0 Å². The Kier molecular flexibility index (Phi) is 1.79. The Hall–Kier alpha value is -1.31. The zero-order valence-electron chi connectivity index (χ0n) is 8.11. The maximum absolute atomic E-state index is 4.48. The summed E-state index contributed by atoms with van der Waals surface area (Å²) in [7, 11) is 0. The first-order valence-corrected chi connectivity index (χ1v) is 5.28. The highest BCUT2D eigenvalue weighted by Gasteiger charge is 2.42. The van der Waals surface area contributed by atoms with Crippen molar-refractivity contribution in [3.63, 3.8) is 0 Å². The van der Waals surface area contributed by atoms with Crippen LogP contribution in [-0.2, 0) is 0 Å². The molecule has 1 aliphatic heterocycles. The summed E-state index contributed by atoms with van der Waals surface area (Å²) in [5.41, 5.74) is 1.47. The van der Waals surface area contributed by atoms with Gasteiger partial charge in [0, 0.05) is 13.9 Å². The van der Waals surface area contributed by atoms with Gasteiger partial charge in [0.2, 0.25) is 0 Å². The van der Waals surface area contributed by atoms with E-state index in [1.807, 2.05) is 0 Å². The second kappa shape index (κ2) is 3.12. The normalized spacial score (nSPS) is 29.6. The maximum atomic E-state index is 4.48. The Morgan fingerprint density at radius 2 is 2.07 bits per heavy atom. The first-order valence-electron chi connectivity index (χ1n) is 5.28. The number of aliphatic imine (C=N–C) groups is 1. The zero-order valence-corrected chi connectivity index (χ0v) is 8.11. The number of hydrogen-bond donors (Lipinski definition) is 1. The fourth-order valence-electron chi connectivity index (χ4n) is 2.23. The van der Waals surface area contributed by atoms with Crippen LogP contribution in [0.4, 0.5) is 0 Å². The third kappa shape index (κ3) is 1.31. The predicted molar refractivity (Wildman–Crippen MR) is 59.7 cm³/mol. The summed E-state index contributed by atoms with van der Waals surface area (Å²) < 4.78 is 0. The molecule has 1 saturated carbocycles. The second-order valence-corrected chi connectivity index (χ2v) is 4.05. The molecule has 14 heavy (non-hydrogen) atoms. The molecule has 0 amide bonds. The van der Waals surface area contributed by atoms with Gasteiger partial charge in [-0.2, -0.15) is 0 Å². The van der Waals surface area contributed by atoms with Crippen molar-refractivity contribution in [2.24, 2.45) is 10.9 Å². The van der Waals surface area contributed by atoms with Gasteiger partial charge in [0.25, 0.3) is 0 Å². The van der Waals surface area contributed by atoms with Crippen LogP contribution >= 0.6 is 0 Å². The lowest BCUT2D eigenvalue weighted by molar-refractivity contribution is 0.933. The predicted octanol–water partition coefficient (Wildman–Crippen LogP) is 2.04. The van der Waals surface area contributed by atoms with Crippen LogP contribution < -0.4 is 5.32 Å². The van der Waals surface area contributed by atoms with Gasteiger partial charge in [-0.05, 0) is 17.9 Å². The van der Waals surface area contributed by atoms with E-state index < -0.39 is 0 Å². The molecular formula is C12H16N2. The van der Waals surface area contributed by atoms with Crippen LogP contribution in [0.2, 0.25) is 0 Å². The molecule has 0 spiro atoms. The van der Waals surface area contributed by atoms with Crippen molar-refractivity contribution >= 4 is 5.84 Å². The van der Waals surface area contributed by atoms with Gasteiger partial charge in [-0.15, -0.1) is 0 Å². The average molecular weight is 188 g/mol. The van der Waals surface area contributed by atoms with Crippen molar-refractivity contribution in [1.29, 1.82) is 0 Å². The molecule has 1 N–H and O–H groups in total. The van der Waals surface area contributed by atoms with Crippen LogP contribution in [0.3, 0.4) is 0 Å². The van der Waals surface area contributed by atoms with Crippen molar-refractivity contribution in [2.75, 3.05) is 13.1 Å². The number of nitrogens with zero attached hydrogens (tertiary/aromatic N) is 1. The lowest BCUT2D eigenvalue weighted by atomic mass is 10.1. The molecule has 1 aromatic carbocycles. The molecule has 3 rings (SSSR count). The molecule has 2 aliphatic rings. The SMILES string of the molecule is [HH].c1ccc([C@H]2CC2C2=NCCN2)cc1. The fraction of sp³-hybridized carbons (Fsp3) is 0.417. The van der Waals surface area contributed by atoms with Crippen LogP contribution in [0.25, 0.3) is 0 Å². The monoisotopic (exact) mass is 188 g/mol. The minimum atomic E-state index is 0. The van der Waals surface area contributed by atoms with Crippen LogP contribution in [-0.4, -0.2) is 18.9 Å². The highest BCUT2D eigenvalue weighted by molar-refractivity contribution is 5.89. The molecule has 74 valence electrons. The molecule has 1 unspecified atom stereocenters. The third-order valence-corrected chi connectivity index (χ3v) is 3.07. The molecule has 2 atom stereocenters. The largest absolute Gasteiger partial charge is 0.372 e. The number of benzene rings is 1. The van der Waals surface area contributed by atoms with E-state index in [9.17, 15) is 0 Å². The Labute approximate surface area is 85.5 Å². The smallest absolute Gasteiger partial charge is 0.100 e. The highest BCUT2D eigenvalue weighted by atomic mass is 15.1. The molecule has 1 aliphatic carbocycles. The molecule has 0 saturated heterocycles. The summed E-state index contributed by atoms with van der Waals surface area (Å²) in [6.45, 7) is 2.00. The number of hydrogen-bond acceptors (Lipinski definition) is 2. The van der Waals surface area contributed by atoms with Crippen LogP contribution in [0.5, 0.6) is 0 Å². The molecule has 1 fully saturated rings. The van der Waals surface area contributed by atoms with Gasteiger partial charge in [0.05, 0.1) is 6.54 Å². The molecule has 1 heterocycles. The fourth-order valence-corrected chi connectivity index (χ4v) is 2.23. The Morgan fingerprint density at radius 1 is 1.21 bits per heavy atom. The zero-order chi connectivity index (χ0) is 9.38. The van der Waals surface area contributed by atoms with E-state index in [-0.39, 0.29) is 1.43 Å². The molecule has 0 bridgehead atoms. The highest BCUT2D eigenvalue weighted by Crippen LogP contribution is 2.48. The van der Waals surface area contributed by atoms with E-state index in [0.717, 1.165) is 19.0 Å². The number of nitrogens with one attached hydrogen (secondary N) is 1. The maximum Gasteiger partial charge on any atom is 0.100 e. The Bertz CT molecular complexity index is 361. The summed E-state index contributed by atoms with van der Waals surface area (Å²) in [6, 6.07) is 10.8. The Morgan fingerprint density at radius 3 is 2.79 bits per heavy atom. The van der Waals surface area contributed by atoms with E-state index in [1.54, 1.807) is 0 Å². The lowest BCUT2D eigenvalue weighted by Crippen LogP contribution is -2.20. The summed E-state index contributed by atoms with van der Waals surface area (Å²) in [5.74, 6) is 2.65. The van der Waals surface area contributed by atoms with Crippen LogP contribution in [0.1, 0.15) is 19.3 Å². The standard InChI is InChI=1S/C12H14N2.H2/c1-2-4-9(5-3-1)10-8-11(10)12-13-6-7-14-12;/h1-5,10-11H,6-8H2,(H,13,14);1H/t10-,11?;/m1./s1. The van der Waals surface area contributed by atoms with Crippen LogP contribution in [0.15, 0.2) is 35.3 Å². The van der Waals surface area contributed by atoms with E-state index in [1.165, 1.54) is 17.8 Å². The summed E-state index contributed by atoms with van der Waals surface area (Å²) in [6.07, 6.45) is 1.27. The van der Waals surface area contributed by atoms with Gasteiger partial charge in [-0.3, -0.25) is 4.99 Å². The topological polar surface area (TPSA) is 24.4 Å². The number of rotatable bonds is 2. The minimum absolute atomic E-state index is 0. The summed E-state index contributed by atoms with van der Waals surface area (Å²) in [5, 5.41) is 3.37. The van der Waals surface area contributed by atoms with Crippen LogP contribution in [0, 0.1) is 5.92 Å². The van der Waals surface area contributed by atoms with Crippen molar-refractivity contribution < 1.29 is 1.43 Å². The average Bonchev–Trinajstić information content (AvgIpc) is 2.87. The molecule has 0 radical (unpaired) electrons. The second-order valence-electron chi connectivity index (χ2n) is 4.05. The number of amidine groups is 1. The molecule has 0 aromatic heterocycles. The van der Waals surface area contributed by atoms with Gasteiger partial charge in [-0.25, -0.2) is 0 Å². The Balaban J connectivity index is 0.000000853. The van der Waals surface area contributed by atoms with Gasteiger partial charge in [0.1, 0.15) is 5.84 Å². The lowest BCUT2D eigenvalue weighted by Gasteiger charge is -2.01. The molecule has 2 heteroatoms. The third-order valence-electron chi connectivity index (χ3n) is 3.07. The van der Waals surface area contributed by atoms with Crippen molar-refractivity contribution in [3.05, 3.63) is 35.9 Å². The summed E-state index contributed by atoms with van der Waals surface area (Å²) >= 11 is 0. The van der Waals surface area contributed by atoms with Crippen molar-refractivity contribution in [2.45, 2.75) is 12.3 Å². The minimum Gasteiger partial charge on any atom is -0.372 e. The molecule has 2 nitrogen and oxygen atoms in total. The van der Waals surface area contributed by atoms with Crippen molar-refractivity contribution in [1.82, 2.24) is 5.32 Å². The summed E-state index contributed by atoms with van der Waals surface area (Å²) in [4.78, 5) is 4.48. The molecular weight excluding hydrogens is 172 g/mol. The van der Waals surface area contributed by atoms with Gasteiger partial charge < -0.3 is 5.32 Å². The molecule has 1 aromatic rings. The van der Waals surface area contributed by atoms with E-state index in [2.05, 4.69) is 40.6 Å². The van der Waals surface area contributed by atoms with Gasteiger partial charge in [0.15, 0.2) is 0 Å². The first-order chi connectivity index (χ1) is 6.95. The van der Waals surface area contributed by atoms with E-state index in [0.29, 0.717) is 5.92 Å².